The Bertz CT molecular complexity index is 451. The molecule has 2 rings (SSSR count). The summed E-state index contributed by atoms with van der Waals surface area (Å²) in [5, 5.41) is 0. The van der Waals surface area contributed by atoms with E-state index in [1.165, 1.54) is 0 Å². The number of ether oxygens (including phenoxy) is 1. The minimum atomic E-state index is 0.603. The number of benzene rings is 1. The standard InChI is InChI=1S/C13H12NO/c1-10-6-7-11(2)12(9-10)15-13-5-3-4-8-14-13/h3-9H,1H2,2H3. The average molecular weight is 198 g/mol. The van der Waals surface area contributed by atoms with Gasteiger partial charge in [0.2, 0.25) is 5.88 Å². The largest absolute Gasteiger partial charge is 0.439 e. The molecule has 0 aliphatic carbocycles. The second-order valence-corrected chi connectivity index (χ2v) is 3.37. The quantitative estimate of drug-likeness (QED) is 0.738. The van der Waals surface area contributed by atoms with Crippen molar-refractivity contribution in [2.45, 2.75) is 6.92 Å². The molecule has 1 radical (unpaired) electrons. The number of hydrogen-bond donors (Lipinski definition) is 0. The summed E-state index contributed by atoms with van der Waals surface area (Å²) in [4.78, 5) is 4.10. The van der Waals surface area contributed by atoms with Crippen LogP contribution >= 0.6 is 0 Å². The molecule has 0 amide bonds. The number of aryl methyl sites for hydroxylation is 1. The van der Waals surface area contributed by atoms with Gasteiger partial charge in [0.15, 0.2) is 0 Å². The first-order valence-corrected chi connectivity index (χ1v) is 4.77. The molecule has 0 saturated carbocycles. The van der Waals surface area contributed by atoms with Crippen molar-refractivity contribution < 1.29 is 4.74 Å². The second-order valence-electron chi connectivity index (χ2n) is 3.37. The van der Waals surface area contributed by atoms with Crippen molar-refractivity contribution in [1.82, 2.24) is 4.98 Å². The summed E-state index contributed by atoms with van der Waals surface area (Å²) in [5.74, 6) is 1.41. The molecule has 0 fully saturated rings. The topological polar surface area (TPSA) is 22.1 Å². The van der Waals surface area contributed by atoms with E-state index < -0.39 is 0 Å². The number of hydrogen-bond acceptors (Lipinski definition) is 2. The third-order valence-corrected chi connectivity index (χ3v) is 2.10. The number of aromatic nitrogens is 1. The molecule has 2 nitrogen and oxygen atoms in total. The summed E-state index contributed by atoms with van der Waals surface area (Å²) in [6.07, 6.45) is 1.71. The van der Waals surface area contributed by atoms with Gasteiger partial charge in [-0.05, 0) is 37.1 Å². The molecule has 1 aromatic heterocycles. The van der Waals surface area contributed by atoms with Crippen LogP contribution < -0.4 is 4.74 Å². The molecule has 0 aliphatic rings. The highest BCUT2D eigenvalue weighted by Gasteiger charge is 2.01. The maximum atomic E-state index is 5.64. The van der Waals surface area contributed by atoms with Crippen LogP contribution in [0, 0.1) is 13.8 Å². The molecule has 0 atom stereocenters. The zero-order valence-electron chi connectivity index (χ0n) is 8.60. The molecule has 75 valence electrons. The first kappa shape index (κ1) is 9.71. The Morgan fingerprint density at radius 2 is 2.07 bits per heavy atom. The summed E-state index contributed by atoms with van der Waals surface area (Å²) in [5.41, 5.74) is 2.01. The zero-order valence-corrected chi connectivity index (χ0v) is 8.60. The van der Waals surface area contributed by atoms with Crippen molar-refractivity contribution in [3.8, 4) is 11.6 Å². The Labute approximate surface area is 89.6 Å². The van der Waals surface area contributed by atoms with Crippen LogP contribution in [0.2, 0.25) is 0 Å². The van der Waals surface area contributed by atoms with Crippen molar-refractivity contribution in [2.75, 3.05) is 0 Å². The van der Waals surface area contributed by atoms with Crippen LogP contribution in [0.25, 0.3) is 0 Å². The van der Waals surface area contributed by atoms with E-state index in [-0.39, 0.29) is 0 Å². The lowest BCUT2D eigenvalue weighted by atomic mass is 10.1. The minimum absolute atomic E-state index is 0.603. The summed E-state index contributed by atoms with van der Waals surface area (Å²) in [6, 6.07) is 11.4. The van der Waals surface area contributed by atoms with Gasteiger partial charge in [0.1, 0.15) is 5.75 Å². The van der Waals surface area contributed by atoms with Crippen LogP contribution in [0.4, 0.5) is 0 Å². The van der Waals surface area contributed by atoms with Gasteiger partial charge in [0.25, 0.3) is 0 Å². The summed E-state index contributed by atoms with van der Waals surface area (Å²) < 4.78 is 5.64. The molecule has 0 N–H and O–H groups in total. The predicted molar refractivity (Wildman–Crippen MR) is 59.9 cm³/mol. The van der Waals surface area contributed by atoms with Crippen molar-refractivity contribution in [1.29, 1.82) is 0 Å². The first-order valence-electron chi connectivity index (χ1n) is 4.77. The van der Waals surface area contributed by atoms with Crippen LogP contribution in [0.15, 0.2) is 42.6 Å². The maximum Gasteiger partial charge on any atom is 0.219 e. The van der Waals surface area contributed by atoms with Gasteiger partial charge in [-0.3, -0.25) is 0 Å². The van der Waals surface area contributed by atoms with Gasteiger partial charge >= 0.3 is 0 Å². The normalized spacial score (nSPS) is 10.0. The van der Waals surface area contributed by atoms with Crippen LogP contribution in [0.5, 0.6) is 11.6 Å². The second kappa shape index (κ2) is 4.13. The Kier molecular flexibility index (Phi) is 2.68. The number of nitrogens with zero attached hydrogens (tertiary/aromatic N) is 1. The van der Waals surface area contributed by atoms with Gasteiger partial charge in [0.05, 0.1) is 0 Å². The fourth-order valence-corrected chi connectivity index (χ4v) is 1.27. The van der Waals surface area contributed by atoms with E-state index >= 15 is 0 Å². The van der Waals surface area contributed by atoms with E-state index in [4.69, 9.17) is 4.74 Å². The maximum absolute atomic E-state index is 5.64. The molecule has 1 aromatic carbocycles. The van der Waals surface area contributed by atoms with Crippen molar-refractivity contribution in [3.63, 3.8) is 0 Å². The average Bonchev–Trinajstić information content (AvgIpc) is 2.25. The lowest BCUT2D eigenvalue weighted by molar-refractivity contribution is 0.459. The van der Waals surface area contributed by atoms with E-state index in [1.807, 2.05) is 43.3 Å². The monoisotopic (exact) mass is 198 g/mol. The van der Waals surface area contributed by atoms with Gasteiger partial charge in [-0.25, -0.2) is 4.98 Å². The van der Waals surface area contributed by atoms with Crippen LogP contribution in [-0.4, -0.2) is 4.98 Å². The van der Waals surface area contributed by atoms with E-state index in [2.05, 4.69) is 11.9 Å². The van der Waals surface area contributed by atoms with Crippen LogP contribution in [0.1, 0.15) is 11.1 Å². The highest BCUT2D eigenvalue weighted by molar-refractivity contribution is 5.39. The Hall–Kier alpha value is -1.83. The Morgan fingerprint density at radius 3 is 2.80 bits per heavy atom. The van der Waals surface area contributed by atoms with Gasteiger partial charge in [-0.2, -0.15) is 0 Å². The van der Waals surface area contributed by atoms with Crippen molar-refractivity contribution in [3.05, 3.63) is 60.6 Å². The van der Waals surface area contributed by atoms with E-state index in [0.29, 0.717) is 5.88 Å². The highest BCUT2D eigenvalue weighted by atomic mass is 16.5. The molecule has 0 unspecified atom stereocenters. The Balaban J connectivity index is 2.28. The molecule has 0 aliphatic heterocycles. The summed E-state index contributed by atoms with van der Waals surface area (Å²) in [6.45, 7) is 5.86. The molecule has 0 saturated heterocycles. The van der Waals surface area contributed by atoms with Gasteiger partial charge in [-0.15, -0.1) is 0 Å². The van der Waals surface area contributed by atoms with Crippen molar-refractivity contribution in [2.24, 2.45) is 0 Å². The van der Waals surface area contributed by atoms with E-state index in [1.54, 1.807) is 6.20 Å². The SMILES string of the molecule is [CH2]c1ccc(C)c(Oc2ccccn2)c1. The van der Waals surface area contributed by atoms with Crippen molar-refractivity contribution >= 4 is 0 Å². The Morgan fingerprint density at radius 1 is 1.20 bits per heavy atom. The molecule has 0 spiro atoms. The molecule has 0 bridgehead atoms. The lowest BCUT2D eigenvalue weighted by Crippen LogP contribution is -1.90. The molecular weight excluding hydrogens is 186 g/mol. The molecule has 2 heteroatoms. The molecule has 1 heterocycles. The number of rotatable bonds is 2. The van der Waals surface area contributed by atoms with Gasteiger partial charge in [0, 0.05) is 12.3 Å². The van der Waals surface area contributed by atoms with Crippen LogP contribution in [0.3, 0.4) is 0 Å². The fraction of sp³-hybridized carbons (Fsp3) is 0.0769. The zero-order chi connectivity index (χ0) is 10.7. The summed E-state index contributed by atoms with van der Waals surface area (Å²) in [7, 11) is 0. The fourth-order valence-electron chi connectivity index (χ4n) is 1.27. The smallest absolute Gasteiger partial charge is 0.219 e. The first-order chi connectivity index (χ1) is 7.25. The highest BCUT2D eigenvalue weighted by Crippen LogP contribution is 2.24. The number of pyridine rings is 1. The summed E-state index contributed by atoms with van der Waals surface area (Å²) >= 11 is 0. The predicted octanol–water partition coefficient (Wildman–Crippen LogP) is 3.36. The van der Waals surface area contributed by atoms with Gasteiger partial charge in [-0.1, -0.05) is 18.2 Å². The lowest BCUT2D eigenvalue weighted by Gasteiger charge is -2.07. The van der Waals surface area contributed by atoms with Gasteiger partial charge < -0.3 is 4.74 Å². The van der Waals surface area contributed by atoms with Crippen LogP contribution in [-0.2, 0) is 0 Å². The third-order valence-electron chi connectivity index (χ3n) is 2.10. The van der Waals surface area contributed by atoms with E-state index in [0.717, 1.165) is 16.9 Å². The molecule has 2 aromatic rings. The minimum Gasteiger partial charge on any atom is -0.439 e. The third kappa shape index (κ3) is 2.34. The van der Waals surface area contributed by atoms with E-state index in [9.17, 15) is 0 Å². The molecule has 15 heavy (non-hydrogen) atoms. The molecular formula is C13H12NO.